The standard InChI is InChI=1S/C24H18I2S/c1-3-7-19(8-4-1)25-21-11-15-23(16-12-21)27-24-17-13-22(14-18-24)26-20-9-5-2-6-10-20/h1-18H/q-2. The molecule has 27 heavy (non-hydrogen) atoms. The summed E-state index contributed by atoms with van der Waals surface area (Å²) in [6, 6.07) is 39.8. The van der Waals surface area contributed by atoms with E-state index in [1.165, 1.54) is 24.1 Å². The van der Waals surface area contributed by atoms with Crippen molar-refractivity contribution in [2.24, 2.45) is 0 Å². The van der Waals surface area contributed by atoms with E-state index in [4.69, 9.17) is 0 Å². The van der Waals surface area contributed by atoms with E-state index in [0.29, 0.717) is 0 Å². The minimum absolute atomic E-state index is 0.0796. The molecule has 0 bridgehead atoms. The molecule has 0 spiro atoms. The Labute approximate surface area is 185 Å². The Balaban J connectivity index is 1.37. The van der Waals surface area contributed by atoms with Gasteiger partial charge in [-0.2, -0.15) is 0 Å². The fourth-order valence-corrected chi connectivity index (χ4v) is 7.72. The summed E-state index contributed by atoms with van der Waals surface area (Å²) in [6.45, 7) is 0. The van der Waals surface area contributed by atoms with Gasteiger partial charge in [0.2, 0.25) is 0 Å². The van der Waals surface area contributed by atoms with Crippen LogP contribution in [0.25, 0.3) is 0 Å². The first-order valence-electron chi connectivity index (χ1n) is 8.63. The maximum atomic E-state index is 2.29. The van der Waals surface area contributed by atoms with E-state index in [1.54, 1.807) is 0 Å². The van der Waals surface area contributed by atoms with Crippen LogP contribution in [-0.2, 0) is 0 Å². The second-order valence-corrected chi connectivity index (χ2v) is 13.0. The monoisotopic (exact) mass is 592 g/mol. The van der Waals surface area contributed by atoms with Crippen molar-refractivity contribution < 1.29 is 42.4 Å². The summed E-state index contributed by atoms with van der Waals surface area (Å²) in [5, 5.41) is 0. The third-order valence-corrected chi connectivity index (χ3v) is 10.1. The van der Waals surface area contributed by atoms with Crippen molar-refractivity contribution in [1.82, 2.24) is 0 Å². The van der Waals surface area contributed by atoms with Crippen LogP contribution < -0.4 is 42.4 Å². The van der Waals surface area contributed by atoms with Crippen LogP contribution in [0.2, 0.25) is 0 Å². The van der Waals surface area contributed by atoms with Crippen LogP contribution in [-0.4, -0.2) is 0 Å². The molecule has 0 fully saturated rings. The summed E-state index contributed by atoms with van der Waals surface area (Å²) >= 11 is 1.68. The first-order valence-corrected chi connectivity index (χ1v) is 13.8. The third kappa shape index (κ3) is 5.83. The Kier molecular flexibility index (Phi) is 6.87. The van der Waals surface area contributed by atoms with Gasteiger partial charge in [-0.3, -0.25) is 0 Å². The minimum atomic E-state index is -0.0796. The molecule has 0 heterocycles. The Morgan fingerprint density at radius 1 is 0.370 bits per heavy atom. The molecule has 136 valence electrons. The van der Waals surface area contributed by atoms with E-state index in [2.05, 4.69) is 109 Å². The molecule has 0 saturated carbocycles. The van der Waals surface area contributed by atoms with E-state index in [0.717, 1.165) is 0 Å². The van der Waals surface area contributed by atoms with Crippen LogP contribution >= 0.6 is 11.8 Å². The first kappa shape index (κ1) is 19.0. The Hall–Kier alpha value is -1.31. The predicted molar refractivity (Wildman–Crippen MR) is 105 cm³/mol. The summed E-state index contributed by atoms with van der Waals surface area (Å²) in [5.41, 5.74) is 0. The van der Waals surface area contributed by atoms with Crippen LogP contribution in [0.3, 0.4) is 0 Å². The Morgan fingerprint density at radius 2 is 0.704 bits per heavy atom. The van der Waals surface area contributed by atoms with E-state index < -0.39 is 0 Å². The zero-order valence-electron chi connectivity index (χ0n) is 14.6. The first-order chi connectivity index (χ1) is 13.3. The number of hydrogen-bond acceptors (Lipinski definition) is 1. The van der Waals surface area contributed by atoms with Crippen LogP contribution in [0.4, 0.5) is 0 Å². The van der Waals surface area contributed by atoms with Crippen molar-refractivity contribution in [3.63, 3.8) is 0 Å². The molecule has 0 aliphatic carbocycles. The fraction of sp³-hybridized carbons (Fsp3) is 0. The average molecular weight is 592 g/mol. The van der Waals surface area contributed by atoms with Gasteiger partial charge in [-0.15, -0.1) is 0 Å². The van der Waals surface area contributed by atoms with Crippen LogP contribution in [0, 0.1) is 14.3 Å². The van der Waals surface area contributed by atoms with Gasteiger partial charge in [-0.05, 0) is 0 Å². The van der Waals surface area contributed by atoms with Crippen molar-refractivity contribution in [2.45, 2.75) is 9.79 Å². The predicted octanol–water partition coefficient (Wildman–Crippen LogP) is 0.0946. The molecule has 4 aromatic carbocycles. The second-order valence-electron chi connectivity index (χ2n) is 5.79. The van der Waals surface area contributed by atoms with Gasteiger partial charge in [0.05, 0.1) is 0 Å². The molecule has 4 rings (SSSR count). The molecule has 0 aliphatic rings. The molecule has 0 unspecified atom stereocenters. The van der Waals surface area contributed by atoms with Crippen LogP contribution in [0.1, 0.15) is 0 Å². The van der Waals surface area contributed by atoms with Gasteiger partial charge in [0.15, 0.2) is 0 Å². The summed E-state index contributed by atoms with van der Waals surface area (Å²) in [5.74, 6) is 0. The molecular weight excluding hydrogens is 574 g/mol. The summed E-state index contributed by atoms with van der Waals surface area (Å²) in [7, 11) is 0. The Morgan fingerprint density at radius 3 is 1.07 bits per heavy atom. The van der Waals surface area contributed by atoms with Crippen molar-refractivity contribution >= 4 is 11.8 Å². The van der Waals surface area contributed by atoms with Crippen molar-refractivity contribution in [3.8, 4) is 0 Å². The number of halogens is 2. The fourth-order valence-electron chi connectivity index (χ4n) is 2.47. The van der Waals surface area contributed by atoms with Crippen molar-refractivity contribution in [2.75, 3.05) is 0 Å². The molecule has 4 aromatic rings. The maximum absolute atomic E-state index is 2.29. The summed E-state index contributed by atoms with van der Waals surface area (Å²) < 4.78 is 5.86. The number of benzene rings is 4. The van der Waals surface area contributed by atoms with E-state index in [-0.39, 0.29) is 42.4 Å². The van der Waals surface area contributed by atoms with Gasteiger partial charge in [0.1, 0.15) is 0 Å². The van der Waals surface area contributed by atoms with Gasteiger partial charge < -0.3 is 0 Å². The molecule has 0 radical (unpaired) electrons. The molecular formula is C24H18I2S-2. The molecule has 0 amide bonds. The third-order valence-electron chi connectivity index (χ3n) is 3.77. The summed E-state index contributed by atoms with van der Waals surface area (Å²) in [4.78, 5) is 2.61. The number of rotatable bonds is 6. The van der Waals surface area contributed by atoms with E-state index in [9.17, 15) is 0 Å². The second kappa shape index (κ2) is 9.75. The quantitative estimate of drug-likeness (QED) is 0.287. The topological polar surface area (TPSA) is 0 Å². The molecule has 0 aromatic heterocycles. The SMILES string of the molecule is c1ccc([I-]c2ccc(Sc3ccc([I-]c4ccccc4)cc3)cc2)cc1. The van der Waals surface area contributed by atoms with Gasteiger partial charge in [0, 0.05) is 0 Å². The van der Waals surface area contributed by atoms with Crippen molar-refractivity contribution in [1.29, 1.82) is 0 Å². The zero-order valence-corrected chi connectivity index (χ0v) is 19.7. The van der Waals surface area contributed by atoms with Gasteiger partial charge in [0.25, 0.3) is 0 Å². The normalized spacial score (nSPS) is 11.0. The molecule has 0 atom stereocenters. The van der Waals surface area contributed by atoms with E-state index >= 15 is 0 Å². The Bertz CT molecular complexity index is 883. The van der Waals surface area contributed by atoms with Gasteiger partial charge in [-0.25, -0.2) is 0 Å². The molecule has 0 saturated heterocycles. The van der Waals surface area contributed by atoms with E-state index in [1.807, 2.05) is 11.8 Å². The van der Waals surface area contributed by atoms with Gasteiger partial charge in [-0.1, -0.05) is 0 Å². The molecule has 0 aliphatic heterocycles. The molecule has 0 N–H and O–H groups in total. The molecule has 0 nitrogen and oxygen atoms in total. The van der Waals surface area contributed by atoms with Crippen molar-refractivity contribution in [3.05, 3.63) is 123 Å². The van der Waals surface area contributed by atoms with Crippen LogP contribution in [0.5, 0.6) is 0 Å². The summed E-state index contributed by atoms with van der Waals surface area (Å²) in [6.07, 6.45) is 0. The van der Waals surface area contributed by atoms with Gasteiger partial charge >= 0.3 is 187 Å². The average Bonchev–Trinajstić information content (AvgIpc) is 2.73. The van der Waals surface area contributed by atoms with Crippen LogP contribution in [0.15, 0.2) is 119 Å². The number of hydrogen-bond donors (Lipinski definition) is 0. The molecule has 3 heteroatoms. The zero-order chi connectivity index (χ0) is 18.3.